The zero-order valence-electron chi connectivity index (χ0n) is 13.5. The first-order valence-electron chi connectivity index (χ1n) is 7.84. The molecule has 0 radical (unpaired) electrons. The first-order chi connectivity index (χ1) is 11.1. The van der Waals surface area contributed by atoms with Crippen molar-refractivity contribution in [2.75, 3.05) is 38.5 Å². The summed E-state index contributed by atoms with van der Waals surface area (Å²) >= 11 is 0. The minimum Gasteiger partial charge on any atom is -0.362 e. The molecule has 1 N–H and O–H groups in total. The Kier molecular flexibility index (Phi) is 4.73. The normalized spacial score (nSPS) is 17.8. The predicted molar refractivity (Wildman–Crippen MR) is 88.1 cm³/mol. The molecule has 0 saturated carbocycles. The van der Waals surface area contributed by atoms with E-state index in [0.29, 0.717) is 5.82 Å². The van der Waals surface area contributed by atoms with Crippen LogP contribution in [0.25, 0.3) is 0 Å². The summed E-state index contributed by atoms with van der Waals surface area (Å²) in [6.45, 7) is 5.50. The van der Waals surface area contributed by atoms with Gasteiger partial charge in [-0.2, -0.15) is 0 Å². The van der Waals surface area contributed by atoms with Crippen LogP contribution < -0.4 is 5.32 Å². The summed E-state index contributed by atoms with van der Waals surface area (Å²) in [4.78, 5) is 17.4. The van der Waals surface area contributed by atoms with Crippen LogP contribution >= 0.6 is 0 Å². The van der Waals surface area contributed by atoms with Crippen molar-refractivity contribution in [3.8, 4) is 0 Å². The van der Waals surface area contributed by atoms with Crippen molar-refractivity contribution in [3.05, 3.63) is 47.7 Å². The molecule has 6 heteroatoms. The lowest BCUT2D eigenvalue weighted by molar-refractivity contribution is -0.122. The molecule has 1 atom stereocenters. The molecular weight excluding hydrogens is 292 g/mol. The van der Waals surface area contributed by atoms with Crippen molar-refractivity contribution in [2.24, 2.45) is 0 Å². The van der Waals surface area contributed by atoms with Crippen molar-refractivity contribution in [2.45, 2.75) is 13.0 Å². The number of aryl methyl sites for hydroxylation is 1. The zero-order chi connectivity index (χ0) is 16.2. The minimum atomic E-state index is -0.319. The van der Waals surface area contributed by atoms with Crippen LogP contribution in [0.1, 0.15) is 17.2 Å². The molecule has 1 fully saturated rings. The predicted octanol–water partition coefficient (Wildman–Crippen LogP) is 1.91. The van der Waals surface area contributed by atoms with Crippen molar-refractivity contribution >= 4 is 11.7 Å². The van der Waals surface area contributed by atoms with E-state index in [4.69, 9.17) is 4.52 Å². The molecule has 2 aromatic rings. The lowest BCUT2D eigenvalue weighted by Crippen LogP contribution is -2.48. The molecule has 1 aromatic heterocycles. The summed E-state index contributed by atoms with van der Waals surface area (Å²) in [6, 6.07) is 9.57. The number of rotatable bonds is 4. The van der Waals surface area contributed by atoms with Gasteiger partial charge in [-0.15, -0.1) is 0 Å². The summed E-state index contributed by atoms with van der Waals surface area (Å²) in [5, 5.41) is 6.75. The molecule has 0 bridgehead atoms. The first kappa shape index (κ1) is 15.7. The number of nitrogens with zero attached hydrogens (tertiary/aromatic N) is 3. The van der Waals surface area contributed by atoms with Crippen LogP contribution in [0, 0.1) is 6.92 Å². The van der Waals surface area contributed by atoms with Crippen LogP contribution in [0.5, 0.6) is 0 Å². The van der Waals surface area contributed by atoms with E-state index in [2.05, 4.69) is 27.3 Å². The average molecular weight is 314 g/mol. The van der Waals surface area contributed by atoms with E-state index in [1.54, 1.807) is 0 Å². The highest BCUT2D eigenvalue weighted by atomic mass is 16.5. The number of anilines is 1. The smallest absolute Gasteiger partial charge is 0.247 e. The molecule has 2 heterocycles. The molecular formula is C17H22N4O2. The Morgan fingerprint density at radius 1 is 1.22 bits per heavy atom. The van der Waals surface area contributed by atoms with Crippen molar-refractivity contribution < 1.29 is 9.32 Å². The van der Waals surface area contributed by atoms with Crippen LogP contribution in [-0.2, 0) is 4.79 Å². The number of carbonyl (C=O) groups is 1. The Balaban J connectivity index is 1.83. The van der Waals surface area contributed by atoms with Gasteiger partial charge in [0.15, 0.2) is 5.82 Å². The maximum atomic E-state index is 12.9. The summed E-state index contributed by atoms with van der Waals surface area (Å²) in [5.74, 6) is 0.419. The van der Waals surface area contributed by atoms with E-state index in [1.807, 2.05) is 37.3 Å². The van der Waals surface area contributed by atoms with Crippen LogP contribution in [0.3, 0.4) is 0 Å². The van der Waals surface area contributed by atoms with Gasteiger partial charge < -0.3 is 14.7 Å². The Labute approximate surface area is 136 Å². The lowest BCUT2D eigenvalue weighted by atomic mass is 10.0. The molecule has 1 saturated heterocycles. The fourth-order valence-corrected chi connectivity index (χ4v) is 2.84. The van der Waals surface area contributed by atoms with E-state index < -0.39 is 0 Å². The van der Waals surface area contributed by atoms with Gasteiger partial charge in [0.05, 0.1) is 0 Å². The molecule has 1 aliphatic rings. The third-order valence-corrected chi connectivity index (χ3v) is 4.26. The molecule has 0 aliphatic carbocycles. The van der Waals surface area contributed by atoms with Gasteiger partial charge >= 0.3 is 0 Å². The maximum Gasteiger partial charge on any atom is 0.247 e. The average Bonchev–Trinajstić information content (AvgIpc) is 2.96. The molecule has 23 heavy (non-hydrogen) atoms. The van der Waals surface area contributed by atoms with E-state index in [-0.39, 0.29) is 11.9 Å². The topological polar surface area (TPSA) is 61.6 Å². The van der Waals surface area contributed by atoms with Gasteiger partial charge in [-0.05, 0) is 19.5 Å². The number of benzene rings is 1. The molecule has 122 valence electrons. The van der Waals surface area contributed by atoms with Gasteiger partial charge in [-0.3, -0.25) is 9.69 Å². The summed E-state index contributed by atoms with van der Waals surface area (Å²) in [5.41, 5.74) is 1.82. The Bertz CT molecular complexity index is 648. The van der Waals surface area contributed by atoms with Crippen LogP contribution in [0.15, 0.2) is 41.1 Å². The summed E-state index contributed by atoms with van der Waals surface area (Å²) in [6.07, 6.45) is 1.53. The Morgan fingerprint density at radius 2 is 1.91 bits per heavy atom. The fraction of sp³-hybridized carbons (Fsp3) is 0.412. The maximum absolute atomic E-state index is 12.9. The van der Waals surface area contributed by atoms with Crippen LogP contribution in [-0.4, -0.2) is 54.1 Å². The number of likely N-dealkylation sites (N-methyl/N-ethyl adjacent to an activating group) is 1. The van der Waals surface area contributed by atoms with E-state index in [0.717, 1.165) is 37.3 Å². The molecule has 3 rings (SSSR count). The molecule has 1 aromatic carbocycles. The molecule has 1 unspecified atom stereocenters. The first-order valence-corrected chi connectivity index (χ1v) is 7.84. The second-order valence-electron chi connectivity index (χ2n) is 5.99. The van der Waals surface area contributed by atoms with Crippen molar-refractivity contribution in [3.63, 3.8) is 0 Å². The number of nitrogens with one attached hydrogen (secondary N) is 1. The minimum absolute atomic E-state index is 0.0715. The van der Waals surface area contributed by atoms with Gasteiger partial charge in [0.1, 0.15) is 12.3 Å². The number of piperazine rings is 1. The lowest BCUT2D eigenvalue weighted by Gasteiger charge is -2.37. The Hall–Kier alpha value is -2.18. The third-order valence-electron chi connectivity index (χ3n) is 4.26. The number of hydrogen-bond donors (Lipinski definition) is 1. The molecule has 6 nitrogen and oxygen atoms in total. The standard InChI is InChI=1S/C17H22N4O2/c1-13-12-23-19-16(13)18-17(22)15(14-6-4-3-5-7-14)21-10-8-20(2)9-11-21/h3-7,12,15H,8-11H2,1-2H3,(H,18,19,22). The van der Waals surface area contributed by atoms with E-state index in [9.17, 15) is 4.79 Å². The Morgan fingerprint density at radius 3 is 2.52 bits per heavy atom. The van der Waals surface area contributed by atoms with Gasteiger partial charge in [0, 0.05) is 31.7 Å². The second kappa shape index (κ2) is 6.93. The van der Waals surface area contributed by atoms with Gasteiger partial charge in [-0.1, -0.05) is 35.5 Å². The SMILES string of the molecule is Cc1conc1NC(=O)C(c1ccccc1)N1CCN(C)CC1. The number of carbonyl (C=O) groups excluding carboxylic acids is 1. The number of aromatic nitrogens is 1. The monoisotopic (exact) mass is 314 g/mol. The van der Waals surface area contributed by atoms with Crippen LogP contribution in [0.2, 0.25) is 0 Å². The fourth-order valence-electron chi connectivity index (χ4n) is 2.84. The third kappa shape index (κ3) is 3.60. The highest BCUT2D eigenvalue weighted by Crippen LogP contribution is 2.24. The van der Waals surface area contributed by atoms with Gasteiger partial charge in [0.25, 0.3) is 0 Å². The molecule has 1 amide bonds. The van der Waals surface area contributed by atoms with Crippen molar-refractivity contribution in [1.82, 2.24) is 15.0 Å². The molecule has 0 spiro atoms. The highest BCUT2D eigenvalue weighted by molar-refractivity contribution is 5.95. The van der Waals surface area contributed by atoms with E-state index in [1.165, 1.54) is 6.26 Å². The van der Waals surface area contributed by atoms with Crippen LogP contribution in [0.4, 0.5) is 5.82 Å². The zero-order valence-corrected chi connectivity index (χ0v) is 13.5. The number of hydrogen-bond acceptors (Lipinski definition) is 5. The van der Waals surface area contributed by atoms with Gasteiger partial charge in [-0.25, -0.2) is 0 Å². The molecule has 1 aliphatic heterocycles. The highest BCUT2D eigenvalue weighted by Gasteiger charge is 2.30. The summed E-state index contributed by atoms with van der Waals surface area (Å²) in [7, 11) is 2.10. The van der Waals surface area contributed by atoms with Crippen molar-refractivity contribution in [1.29, 1.82) is 0 Å². The van der Waals surface area contributed by atoms with E-state index >= 15 is 0 Å². The largest absolute Gasteiger partial charge is 0.362 e. The summed E-state index contributed by atoms with van der Waals surface area (Å²) < 4.78 is 4.91. The number of amides is 1. The van der Waals surface area contributed by atoms with Gasteiger partial charge in [0.2, 0.25) is 5.91 Å². The quantitative estimate of drug-likeness (QED) is 0.934. The second-order valence-corrected chi connectivity index (χ2v) is 5.99.